The Hall–Kier alpha value is -3.76. The molecule has 0 spiro atoms. The maximum Gasteiger partial charge on any atom is 0.137 e. The molecule has 2 heterocycles. The van der Waals surface area contributed by atoms with E-state index >= 15 is 0 Å². The molecule has 10 heteroatoms. The number of aromatic nitrogens is 2. The number of amidine groups is 1. The Morgan fingerprint density at radius 2 is 1.43 bits per heavy atom. The molecule has 256 valence electrons. The number of hydrogen-bond donors (Lipinski definition) is 2. The van der Waals surface area contributed by atoms with Crippen molar-refractivity contribution in [2.45, 2.75) is 66.5 Å². The van der Waals surface area contributed by atoms with Crippen LogP contribution in [0, 0.1) is 0 Å². The zero-order chi connectivity index (χ0) is 33.6. The topological polar surface area (TPSA) is 87.5 Å². The first kappa shape index (κ1) is 36.1. The molecular formula is C37H58N10. The first-order chi connectivity index (χ1) is 22.9. The third kappa shape index (κ3) is 10.4. The van der Waals surface area contributed by atoms with Gasteiger partial charge in [0, 0.05) is 74.7 Å². The van der Waals surface area contributed by atoms with Gasteiger partial charge in [0.05, 0.1) is 17.9 Å². The highest BCUT2D eigenvalue weighted by molar-refractivity contribution is 6.04. The summed E-state index contributed by atoms with van der Waals surface area (Å²) in [7, 11) is 1.77. The van der Waals surface area contributed by atoms with Crippen LogP contribution in [0.25, 0.3) is 10.9 Å². The van der Waals surface area contributed by atoms with Crippen LogP contribution in [0.3, 0.4) is 0 Å². The molecule has 3 aromatic rings. The molecule has 2 atom stereocenters. The summed E-state index contributed by atoms with van der Waals surface area (Å²) < 4.78 is 0. The van der Waals surface area contributed by atoms with Crippen molar-refractivity contribution in [1.82, 2.24) is 25.1 Å². The highest BCUT2D eigenvalue weighted by Gasteiger charge is 2.19. The van der Waals surface area contributed by atoms with Crippen LogP contribution in [-0.4, -0.2) is 117 Å². The Bertz CT molecular complexity index is 1410. The van der Waals surface area contributed by atoms with Gasteiger partial charge in [-0.1, -0.05) is 27.7 Å². The first-order valence-electron chi connectivity index (χ1n) is 17.7. The molecular weight excluding hydrogens is 584 g/mol. The van der Waals surface area contributed by atoms with E-state index in [2.05, 4.69) is 129 Å². The summed E-state index contributed by atoms with van der Waals surface area (Å²) in [6, 6.07) is 15.9. The van der Waals surface area contributed by atoms with Gasteiger partial charge in [0.15, 0.2) is 0 Å². The molecule has 0 radical (unpaired) electrons. The SMILES string of the molecule is CCN(CC)CCC(C)N=C(NC=NC)c1ccc(N2CCN(c3ccc4c(NC(C)CCN(CC)CC)ncnc4c3)CC2)cc1. The Balaban J connectivity index is 1.36. The molecule has 2 aromatic carbocycles. The van der Waals surface area contributed by atoms with Gasteiger partial charge in [-0.25, -0.2) is 9.97 Å². The van der Waals surface area contributed by atoms with Crippen molar-refractivity contribution in [3.8, 4) is 0 Å². The number of hydrogen-bond acceptors (Lipinski definition) is 9. The van der Waals surface area contributed by atoms with E-state index in [4.69, 9.17) is 4.99 Å². The number of nitrogens with zero attached hydrogens (tertiary/aromatic N) is 8. The predicted octanol–water partition coefficient (Wildman–Crippen LogP) is 5.60. The van der Waals surface area contributed by atoms with Gasteiger partial charge in [-0.05, 0) is 95.3 Å². The second-order valence-corrected chi connectivity index (χ2v) is 12.5. The van der Waals surface area contributed by atoms with Crippen LogP contribution in [0.2, 0.25) is 0 Å². The van der Waals surface area contributed by atoms with E-state index in [0.717, 1.165) is 106 Å². The Labute approximate surface area is 283 Å². The molecule has 1 aliphatic heterocycles. The van der Waals surface area contributed by atoms with Crippen LogP contribution < -0.4 is 20.4 Å². The Morgan fingerprint density at radius 3 is 2.04 bits per heavy atom. The number of rotatable bonds is 17. The fourth-order valence-electron chi connectivity index (χ4n) is 6.15. The van der Waals surface area contributed by atoms with E-state index in [-0.39, 0.29) is 6.04 Å². The average molecular weight is 643 g/mol. The monoisotopic (exact) mass is 642 g/mol. The maximum absolute atomic E-state index is 5.02. The van der Waals surface area contributed by atoms with Gasteiger partial charge in [-0.15, -0.1) is 0 Å². The maximum atomic E-state index is 5.02. The molecule has 2 unspecified atom stereocenters. The summed E-state index contributed by atoms with van der Waals surface area (Å²) in [5.41, 5.74) is 4.51. The number of aliphatic imine (C=N–C) groups is 2. The van der Waals surface area contributed by atoms with Gasteiger partial charge >= 0.3 is 0 Å². The van der Waals surface area contributed by atoms with Crippen LogP contribution >= 0.6 is 0 Å². The lowest BCUT2D eigenvalue weighted by Gasteiger charge is -2.37. The molecule has 0 saturated carbocycles. The standard InChI is InChI=1S/C37H58N10/c1-8-44(9-2)20-18-29(5)42-36(40-27-38-7)31-12-14-32(15-13-31)46-22-24-47(25-23-46)33-16-17-34-35(26-33)39-28-41-37(34)43-30(6)19-21-45(10-3)11-4/h12-17,26-30H,8-11,18-25H2,1-7H3,(H,38,40,42)(H,39,41,43). The van der Waals surface area contributed by atoms with Gasteiger partial charge in [0.25, 0.3) is 0 Å². The van der Waals surface area contributed by atoms with Crippen molar-refractivity contribution in [1.29, 1.82) is 0 Å². The van der Waals surface area contributed by atoms with Gasteiger partial charge in [-0.2, -0.15) is 0 Å². The van der Waals surface area contributed by atoms with E-state index in [0.29, 0.717) is 6.04 Å². The minimum absolute atomic E-state index is 0.215. The van der Waals surface area contributed by atoms with Gasteiger partial charge < -0.3 is 30.2 Å². The van der Waals surface area contributed by atoms with E-state index in [1.54, 1.807) is 19.7 Å². The molecule has 0 bridgehead atoms. The second kappa shape index (κ2) is 18.5. The fourth-order valence-corrected chi connectivity index (χ4v) is 6.15. The summed E-state index contributed by atoms with van der Waals surface area (Å²) in [6.07, 6.45) is 5.50. The molecule has 47 heavy (non-hydrogen) atoms. The zero-order valence-corrected chi connectivity index (χ0v) is 29.9. The molecule has 1 aliphatic rings. The zero-order valence-electron chi connectivity index (χ0n) is 29.9. The van der Waals surface area contributed by atoms with Crippen molar-refractivity contribution >= 4 is 40.3 Å². The number of fused-ring (bicyclic) bond motifs is 1. The van der Waals surface area contributed by atoms with Crippen molar-refractivity contribution < 1.29 is 0 Å². The van der Waals surface area contributed by atoms with Gasteiger partial charge in [-0.3, -0.25) is 9.98 Å². The highest BCUT2D eigenvalue weighted by atomic mass is 15.3. The number of piperazine rings is 1. The number of anilines is 3. The van der Waals surface area contributed by atoms with Crippen molar-refractivity contribution in [2.24, 2.45) is 9.98 Å². The number of benzene rings is 2. The van der Waals surface area contributed by atoms with Crippen LogP contribution in [0.15, 0.2) is 58.8 Å². The summed E-state index contributed by atoms with van der Waals surface area (Å²) in [4.78, 5) is 28.2. The number of nitrogens with one attached hydrogen (secondary N) is 2. The molecule has 1 fully saturated rings. The third-order valence-corrected chi connectivity index (χ3v) is 9.36. The van der Waals surface area contributed by atoms with Gasteiger partial charge in [0.2, 0.25) is 0 Å². The lowest BCUT2D eigenvalue weighted by Crippen LogP contribution is -2.46. The van der Waals surface area contributed by atoms with E-state index in [1.165, 1.54) is 11.4 Å². The fraction of sp³-hybridized carbons (Fsp3) is 0.568. The van der Waals surface area contributed by atoms with Gasteiger partial charge in [0.1, 0.15) is 18.0 Å². The summed E-state index contributed by atoms with van der Waals surface area (Å²) in [6.45, 7) is 23.6. The largest absolute Gasteiger partial charge is 0.368 e. The minimum atomic E-state index is 0.215. The van der Waals surface area contributed by atoms with Crippen LogP contribution in [0.1, 0.15) is 59.9 Å². The molecule has 1 saturated heterocycles. The van der Waals surface area contributed by atoms with Crippen molar-refractivity contribution in [3.05, 3.63) is 54.4 Å². The predicted molar refractivity (Wildman–Crippen MR) is 202 cm³/mol. The average Bonchev–Trinajstić information content (AvgIpc) is 3.11. The van der Waals surface area contributed by atoms with E-state index < -0.39 is 0 Å². The smallest absolute Gasteiger partial charge is 0.137 e. The quantitative estimate of drug-likeness (QED) is 0.145. The van der Waals surface area contributed by atoms with Crippen molar-refractivity contribution in [2.75, 3.05) is 87.6 Å². The van der Waals surface area contributed by atoms with Crippen LogP contribution in [0.5, 0.6) is 0 Å². The summed E-state index contributed by atoms with van der Waals surface area (Å²) >= 11 is 0. The van der Waals surface area contributed by atoms with Crippen LogP contribution in [-0.2, 0) is 0 Å². The minimum Gasteiger partial charge on any atom is -0.368 e. The van der Waals surface area contributed by atoms with Crippen LogP contribution in [0.4, 0.5) is 17.2 Å². The molecule has 4 rings (SSSR count). The second-order valence-electron chi connectivity index (χ2n) is 12.5. The molecule has 0 aliphatic carbocycles. The third-order valence-electron chi connectivity index (χ3n) is 9.36. The normalized spacial score (nSPS) is 15.6. The highest BCUT2D eigenvalue weighted by Crippen LogP contribution is 2.27. The molecule has 1 aromatic heterocycles. The van der Waals surface area contributed by atoms with Crippen molar-refractivity contribution in [3.63, 3.8) is 0 Å². The summed E-state index contributed by atoms with van der Waals surface area (Å²) in [5, 5.41) is 8.02. The molecule has 0 amide bonds. The lowest BCUT2D eigenvalue weighted by molar-refractivity contribution is 0.293. The van der Waals surface area contributed by atoms with E-state index in [1.807, 2.05) is 0 Å². The lowest BCUT2D eigenvalue weighted by atomic mass is 10.1. The molecule has 10 nitrogen and oxygen atoms in total. The Morgan fingerprint density at radius 1 is 0.830 bits per heavy atom. The Kier molecular flexibility index (Phi) is 14.2. The first-order valence-corrected chi connectivity index (χ1v) is 17.7. The van der Waals surface area contributed by atoms with E-state index in [9.17, 15) is 0 Å². The molecule has 2 N–H and O–H groups in total. The summed E-state index contributed by atoms with van der Waals surface area (Å²) in [5.74, 6) is 1.79.